The summed E-state index contributed by atoms with van der Waals surface area (Å²) in [6.07, 6.45) is 5.58. The molecule has 4 aliphatic rings. The molecule has 230 valence electrons. The Morgan fingerprint density at radius 1 is 1.00 bits per heavy atom. The lowest BCUT2D eigenvalue weighted by molar-refractivity contribution is 0.107. The van der Waals surface area contributed by atoms with Crippen LogP contribution in [-0.2, 0) is 0 Å². The predicted octanol–water partition coefficient (Wildman–Crippen LogP) is 5.25. The minimum absolute atomic E-state index is 0.0519. The molecule has 4 atom stereocenters. The molecular weight excluding hydrogens is 576 g/mol. The number of nitrogens with zero attached hydrogens (tertiary/aromatic N) is 5. The topological polar surface area (TPSA) is 86.6 Å². The zero-order chi connectivity index (χ0) is 30.2. The van der Waals surface area contributed by atoms with Crippen molar-refractivity contribution in [3.8, 4) is 23.0 Å². The number of benzene rings is 2. The van der Waals surface area contributed by atoms with Gasteiger partial charge in [0.1, 0.15) is 35.6 Å². The van der Waals surface area contributed by atoms with Gasteiger partial charge in [0, 0.05) is 49.9 Å². The first kappa shape index (κ1) is 27.8. The summed E-state index contributed by atoms with van der Waals surface area (Å²) in [6.45, 7) is 2.66. The third kappa shape index (κ3) is 4.52. The lowest BCUT2D eigenvalue weighted by Crippen LogP contribution is -2.43. The lowest BCUT2D eigenvalue weighted by Gasteiger charge is -2.31. The second kappa shape index (κ2) is 10.4. The van der Waals surface area contributed by atoms with E-state index in [4.69, 9.17) is 9.72 Å². The van der Waals surface area contributed by atoms with E-state index in [1.807, 2.05) is 0 Å². The number of phenolic OH excluding ortho intramolecular Hbond substituents is 1. The molecule has 2 aromatic heterocycles. The number of halogens is 4. The number of pyridine rings is 1. The maximum absolute atomic E-state index is 16.6. The highest BCUT2D eigenvalue weighted by Gasteiger charge is 2.49. The van der Waals surface area contributed by atoms with Gasteiger partial charge in [-0.05, 0) is 73.7 Å². The monoisotopic (exact) mass is 608 g/mol. The van der Waals surface area contributed by atoms with Crippen LogP contribution in [0.2, 0.25) is 0 Å². The normalized spacial score (nSPS) is 26.9. The molecule has 0 amide bonds. The molecule has 8 rings (SSSR count). The molecule has 2 N–H and O–H groups in total. The van der Waals surface area contributed by atoms with E-state index in [1.165, 1.54) is 24.4 Å². The van der Waals surface area contributed by atoms with Gasteiger partial charge in [-0.15, -0.1) is 0 Å². The van der Waals surface area contributed by atoms with Crippen molar-refractivity contribution in [2.45, 2.75) is 62.3 Å². The summed E-state index contributed by atoms with van der Waals surface area (Å²) in [4.78, 5) is 17.7. The van der Waals surface area contributed by atoms with E-state index in [0.717, 1.165) is 44.7 Å². The number of rotatable bonds is 5. The van der Waals surface area contributed by atoms with Gasteiger partial charge in [0.25, 0.3) is 0 Å². The molecule has 12 heteroatoms. The van der Waals surface area contributed by atoms with E-state index in [2.05, 4.69) is 25.1 Å². The van der Waals surface area contributed by atoms with Gasteiger partial charge in [-0.2, -0.15) is 9.97 Å². The Kier molecular flexibility index (Phi) is 6.56. The van der Waals surface area contributed by atoms with Gasteiger partial charge >= 0.3 is 6.01 Å². The molecule has 44 heavy (non-hydrogen) atoms. The van der Waals surface area contributed by atoms with E-state index in [1.54, 1.807) is 0 Å². The second-order valence-corrected chi connectivity index (χ2v) is 12.7. The number of fused-ring (bicyclic) bond motifs is 5. The molecule has 4 aromatic rings. The van der Waals surface area contributed by atoms with E-state index in [-0.39, 0.29) is 46.3 Å². The number of anilines is 1. The minimum atomic E-state index is -1.25. The van der Waals surface area contributed by atoms with Gasteiger partial charge in [-0.3, -0.25) is 9.88 Å². The minimum Gasteiger partial charge on any atom is -0.508 e. The molecule has 0 spiro atoms. The first-order valence-electron chi connectivity index (χ1n) is 15.3. The van der Waals surface area contributed by atoms with Crippen LogP contribution < -0.4 is 15.0 Å². The third-order valence-electron chi connectivity index (χ3n) is 9.95. The Labute approximate surface area is 251 Å². The average Bonchev–Trinajstić information content (AvgIpc) is 3.64. The zero-order valence-electron chi connectivity index (χ0n) is 24.0. The van der Waals surface area contributed by atoms with Crippen LogP contribution in [0, 0.1) is 17.5 Å². The molecule has 0 aliphatic carbocycles. The third-order valence-corrected chi connectivity index (χ3v) is 9.95. The van der Waals surface area contributed by atoms with Gasteiger partial charge < -0.3 is 20.1 Å². The van der Waals surface area contributed by atoms with E-state index < -0.39 is 34.9 Å². The summed E-state index contributed by atoms with van der Waals surface area (Å²) in [5, 5.41) is 14.3. The quantitative estimate of drug-likeness (QED) is 0.297. The first-order valence-corrected chi connectivity index (χ1v) is 15.3. The fourth-order valence-corrected chi connectivity index (χ4v) is 7.85. The number of nitrogens with one attached hydrogen (secondary N) is 1. The number of hydrogen-bond donors (Lipinski definition) is 2. The molecule has 6 heterocycles. The van der Waals surface area contributed by atoms with Crippen molar-refractivity contribution in [2.24, 2.45) is 0 Å². The average molecular weight is 609 g/mol. The number of alkyl halides is 1. The first-order chi connectivity index (χ1) is 21.3. The van der Waals surface area contributed by atoms with Gasteiger partial charge in [0.2, 0.25) is 0 Å². The van der Waals surface area contributed by atoms with Crippen LogP contribution in [0.4, 0.5) is 23.4 Å². The largest absolute Gasteiger partial charge is 0.508 e. The zero-order valence-corrected chi connectivity index (χ0v) is 24.0. The molecule has 8 nitrogen and oxygen atoms in total. The maximum Gasteiger partial charge on any atom is 0.319 e. The summed E-state index contributed by atoms with van der Waals surface area (Å²) in [5.74, 6) is -3.06. The number of ether oxygens (including phenoxy) is 1. The van der Waals surface area contributed by atoms with Crippen molar-refractivity contribution in [2.75, 3.05) is 37.7 Å². The van der Waals surface area contributed by atoms with Crippen molar-refractivity contribution < 1.29 is 27.4 Å². The van der Waals surface area contributed by atoms with E-state index in [0.29, 0.717) is 43.3 Å². The summed E-state index contributed by atoms with van der Waals surface area (Å²) < 4.78 is 67.3. The fraction of sp³-hybridized carbons (Fsp3) is 0.469. The van der Waals surface area contributed by atoms with Crippen molar-refractivity contribution in [3.05, 3.63) is 47.9 Å². The van der Waals surface area contributed by atoms with Crippen molar-refractivity contribution in [1.82, 2.24) is 25.2 Å². The Hall–Kier alpha value is -3.77. The highest BCUT2D eigenvalue weighted by atomic mass is 19.2. The Balaban J connectivity index is 1.26. The standard InChI is InChI=1S/C32H32F4N6O2/c33-18-12-32(7-1-8-42(32)14-18)16-44-31-39-28-23(30(40-31)41-9-6-19-2-3-20(15-41)38-19)13-37-29(27(28)36)25-22-5-4-21(43)10-17(22)11-24(34)26(25)35/h4-5,10-11,13,18-20,38,43H,1-3,6-9,12,14-16H2/t18-,19?,20?,32+/m1/s1. The van der Waals surface area contributed by atoms with Gasteiger partial charge in [-0.1, -0.05) is 0 Å². The molecule has 0 saturated carbocycles. The van der Waals surface area contributed by atoms with Crippen LogP contribution in [0.3, 0.4) is 0 Å². The number of aromatic nitrogens is 3. The maximum atomic E-state index is 16.6. The van der Waals surface area contributed by atoms with Crippen molar-refractivity contribution in [1.29, 1.82) is 0 Å². The Morgan fingerprint density at radius 2 is 1.86 bits per heavy atom. The molecule has 4 aliphatic heterocycles. The van der Waals surface area contributed by atoms with Crippen LogP contribution in [0.1, 0.15) is 38.5 Å². The lowest BCUT2D eigenvalue weighted by atomic mass is 9.95. The van der Waals surface area contributed by atoms with Crippen LogP contribution >= 0.6 is 0 Å². The van der Waals surface area contributed by atoms with Gasteiger partial charge in [0.15, 0.2) is 17.5 Å². The molecule has 0 radical (unpaired) electrons. The van der Waals surface area contributed by atoms with Crippen molar-refractivity contribution >= 4 is 27.5 Å². The van der Waals surface area contributed by atoms with Crippen molar-refractivity contribution in [3.63, 3.8) is 0 Å². The number of phenols is 1. The molecule has 2 aromatic carbocycles. The van der Waals surface area contributed by atoms with E-state index >= 15 is 8.78 Å². The molecule has 2 bridgehead atoms. The SMILES string of the molecule is Oc1ccc2c(-c3ncc4c(N5CCC6CCC(C5)N6)nc(OC[C@@]56CCCN5C[C@H](F)C6)nc4c3F)c(F)c(F)cc2c1. The van der Waals surface area contributed by atoms with Crippen LogP contribution in [0.15, 0.2) is 30.5 Å². The molecule has 2 unspecified atom stereocenters. The summed E-state index contributed by atoms with van der Waals surface area (Å²) in [5.41, 5.74) is -1.35. The summed E-state index contributed by atoms with van der Waals surface area (Å²) in [6, 6.07) is 5.57. The Bertz CT molecular complexity index is 1790. The summed E-state index contributed by atoms with van der Waals surface area (Å²) in [7, 11) is 0. The number of hydrogen-bond acceptors (Lipinski definition) is 8. The van der Waals surface area contributed by atoms with Crippen LogP contribution in [-0.4, -0.2) is 81.5 Å². The molecule has 4 saturated heterocycles. The Morgan fingerprint density at radius 3 is 2.75 bits per heavy atom. The predicted molar refractivity (Wildman–Crippen MR) is 157 cm³/mol. The fourth-order valence-electron chi connectivity index (χ4n) is 7.85. The smallest absolute Gasteiger partial charge is 0.319 e. The number of aromatic hydroxyl groups is 1. The highest BCUT2D eigenvalue weighted by molar-refractivity contribution is 5.99. The highest BCUT2D eigenvalue weighted by Crippen LogP contribution is 2.42. The van der Waals surface area contributed by atoms with Gasteiger partial charge in [0.05, 0.1) is 10.9 Å². The van der Waals surface area contributed by atoms with Crippen LogP contribution in [0.5, 0.6) is 11.8 Å². The molecule has 4 fully saturated rings. The molecular formula is C32H32F4N6O2. The van der Waals surface area contributed by atoms with Crippen LogP contribution in [0.25, 0.3) is 32.9 Å². The van der Waals surface area contributed by atoms with Gasteiger partial charge in [-0.25, -0.2) is 17.6 Å². The van der Waals surface area contributed by atoms with E-state index in [9.17, 15) is 13.9 Å². The summed E-state index contributed by atoms with van der Waals surface area (Å²) >= 11 is 0. The second-order valence-electron chi connectivity index (χ2n) is 12.7.